The number of carbonyl (C=O) groups excluding carboxylic acids is 1. The summed E-state index contributed by atoms with van der Waals surface area (Å²) in [5, 5.41) is 0.394. The maximum Gasteiger partial charge on any atom is 0.257 e. The van der Waals surface area contributed by atoms with Crippen LogP contribution in [0.15, 0.2) is 33.9 Å². The first-order valence-corrected chi connectivity index (χ1v) is 8.72. The van der Waals surface area contributed by atoms with Crippen LogP contribution >= 0.6 is 11.8 Å². The summed E-state index contributed by atoms with van der Waals surface area (Å²) < 4.78 is 5.70. The molecule has 0 unspecified atom stereocenters. The first kappa shape index (κ1) is 15.4. The fourth-order valence-corrected chi connectivity index (χ4v) is 4.04. The second-order valence-electron chi connectivity index (χ2n) is 6.40. The Hall–Kier alpha value is -1.49. The van der Waals surface area contributed by atoms with Crippen LogP contribution in [0.5, 0.6) is 0 Å². The van der Waals surface area contributed by atoms with Crippen molar-refractivity contribution in [1.82, 2.24) is 9.88 Å². The van der Waals surface area contributed by atoms with Gasteiger partial charge in [-0.05, 0) is 37.3 Å². The highest BCUT2D eigenvalue weighted by molar-refractivity contribution is 8.00. The van der Waals surface area contributed by atoms with Crippen LogP contribution in [-0.2, 0) is 4.79 Å². The molecule has 0 bridgehead atoms. The van der Waals surface area contributed by atoms with E-state index in [4.69, 9.17) is 4.42 Å². The largest absolute Gasteiger partial charge is 0.431 e. The number of hydrogen-bond donors (Lipinski definition) is 0. The molecule has 3 rings (SSSR count). The van der Waals surface area contributed by atoms with Crippen molar-refractivity contribution >= 4 is 28.8 Å². The zero-order valence-corrected chi connectivity index (χ0v) is 14.1. The Morgan fingerprint density at radius 2 is 2.00 bits per heavy atom. The SMILES string of the molecule is C[C@@H]1C[C@@H](C)CN(C(=O)[C@@H](C)Sc2nc3ccccc3o2)C1. The number of para-hydroxylation sites is 2. The van der Waals surface area contributed by atoms with E-state index in [9.17, 15) is 4.79 Å². The fourth-order valence-electron chi connectivity index (χ4n) is 3.20. The lowest BCUT2D eigenvalue weighted by Gasteiger charge is -2.36. The van der Waals surface area contributed by atoms with Gasteiger partial charge in [0.2, 0.25) is 5.91 Å². The van der Waals surface area contributed by atoms with Crippen LogP contribution in [0.25, 0.3) is 11.1 Å². The average Bonchev–Trinajstić information content (AvgIpc) is 2.87. The van der Waals surface area contributed by atoms with E-state index < -0.39 is 0 Å². The number of piperidine rings is 1. The standard InChI is InChI=1S/C17H22N2O2S/c1-11-8-12(2)10-19(9-11)16(20)13(3)22-17-18-14-6-4-5-7-15(14)21-17/h4-7,11-13H,8-10H2,1-3H3/t11-,12-,13-/m1/s1. The third-order valence-corrected chi connectivity index (χ3v) is 5.01. The van der Waals surface area contributed by atoms with Crippen LogP contribution in [0.1, 0.15) is 27.2 Å². The zero-order valence-electron chi connectivity index (χ0n) is 13.3. The average molecular weight is 318 g/mol. The van der Waals surface area contributed by atoms with E-state index in [1.807, 2.05) is 36.1 Å². The van der Waals surface area contributed by atoms with Gasteiger partial charge < -0.3 is 9.32 Å². The minimum Gasteiger partial charge on any atom is -0.431 e. The third kappa shape index (κ3) is 3.29. The van der Waals surface area contributed by atoms with E-state index in [2.05, 4.69) is 18.8 Å². The van der Waals surface area contributed by atoms with Gasteiger partial charge in [0.25, 0.3) is 5.22 Å². The minimum absolute atomic E-state index is 0.175. The van der Waals surface area contributed by atoms with Gasteiger partial charge in [-0.2, -0.15) is 0 Å². The molecule has 118 valence electrons. The maximum absolute atomic E-state index is 12.6. The number of carbonyl (C=O) groups is 1. The quantitative estimate of drug-likeness (QED) is 0.807. The zero-order chi connectivity index (χ0) is 15.7. The lowest BCUT2D eigenvalue weighted by atomic mass is 9.92. The first-order chi connectivity index (χ1) is 10.5. The highest BCUT2D eigenvalue weighted by Crippen LogP contribution is 2.29. The number of amides is 1. The second-order valence-corrected chi connectivity index (χ2v) is 7.69. The van der Waals surface area contributed by atoms with Gasteiger partial charge in [0, 0.05) is 13.1 Å². The lowest BCUT2D eigenvalue weighted by Crippen LogP contribution is -2.45. The van der Waals surface area contributed by atoms with E-state index >= 15 is 0 Å². The molecular formula is C17H22N2O2S. The molecule has 3 atom stereocenters. The Balaban J connectivity index is 1.68. The van der Waals surface area contributed by atoms with Crippen LogP contribution in [0.3, 0.4) is 0 Å². The molecule has 4 nitrogen and oxygen atoms in total. The highest BCUT2D eigenvalue weighted by Gasteiger charge is 2.29. The molecule has 1 aliphatic heterocycles. The first-order valence-electron chi connectivity index (χ1n) is 7.84. The number of fused-ring (bicyclic) bond motifs is 1. The van der Waals surface area contributed by atoms with Gasteiger partial charge in [-0.1, -0.05) is 37.7 Å². The van der Waals surface area contributed by atoms with Gasteiger partial charge in [-0.25, -0.2) is 4.98 Å². The van der Waals surface area contributed by atoms with Gasteiger partial charge in [-0.15, -0.1) is 0 Å². The summed E-state index contributed by atoms with van der Waals surface area (Å²) in [7, 11) is 0. The summed E-state index contributed by atoms with van der Waals surface area (Å²) in [4.78, 5) is 19.1. The van der Waals surface area contributed by atoms with E-state index in [0.29, 0.717) is 17.1 Å². The predicted molar refractivity (Wildman–Crippen MR) is 88.9 cm³/mol. The van der Waals surface area contributed by atoms with Crippen molar-refractivity contribution in [2.24, 2.45) is 11.8 Å². The number of aromatic nitrogens is 1. The van der Waals surface area contributed by atoms with Crippen molar-refractivity contribution < 1.29 is 9.21 Å². The third-order valence-electron chi connectivity index (χ3n) is 4.08. The summed E-state index contributed by atoms with van der Waals surface area (Å²) >= 11 is 1.40. The molecule has 1 amide bonds. The summed E-state index contributed by atoms with van der Waals surface area (Å²) in [6.45, 7) is 8.10. The van der Waals surface area contributed by atoms with E-state index in [0.717, 1.165) is 24.2 Å². The molecule has 22 heavy (non-hydrogen) atoms. The highest BCUT2D eigenvalue weighted by atomic mass is 32.2. The molecule has 0 aliphatic carbocycles. The molecule has 0 saturated carbocycles. The molecule has 1 aromatic heterocycles. The second kappa shape index (κ2) is 6.32. The number of rotatable bonds is 3. The Bertz CT molecular complexity index is 626. The molecule has 1 fully saturated rings. The van der Waals surface area contributed by atoms with Crippen molar-refractivity contribution in [1.29, 1.82) is 0 Å². The topological polar surface area (TPSA) is 46.3 Å². The Labute approximate surface area is 135 Å². The molecule has 0 spiro atoms. The van der Waals surface area contributed by atoms with Crippen molar-refractivity contribution in [3.8, 4) is 0 Å². The summed E-state index contributed by atoms with van der Waals surface area (Å²) in [5.74, 6) is 1.34. The van der Waals surface area contributed by atoms with Crippen LogP contribution in [0.4, 0.5) is 0 Å². The number of likely N-dealkylation sites (tertiary alicyclic amines) is 1. The predicted octanol–water partition coefficient (Wildman–Crippen LogP) is 3.81. The molecule has 5 heteroatoms. The molecule has 1 aromatic carbocycles. The lowest BCUT2D eigenvalue weighted by molar-refractivity contribution is -0.132. The number of benzene rings is 1. The van der Waals surface area contributed by atoms with Gasteiger partial charge >= 0.3 is 0 Å². The monoisotopic (exact) mass is 318 g/mol. The Morgan fingerprint density at radius 3 is 2.68 bits per heavy atom. The number of nitrogens with zero attached hydrogens (tertiary/aromatic N) is 2. The Morgan fingerprint density at radius 1 is 1.32 bits per heavy atom. The van der Waals surface area contributed by atoms with Crippen LogP contribution in [-0.4, -0.2) is 34.1 Å². The molecule has 2 aromatic rings. The fraction of sp³-hybridized carbons (Fsp3) is 0.529. The molecule has 2 heterocycles. The number of oxazole rings is 1. The molecule has 0 radical (unpaired) electrons. The van der Waals surface area contributed by atoms with Gasteiger partial charge in [0.15, 0.2) is 5.58 Å². The van der Waals surface area contributed by atoms with Crippen molar-refractivity contribution in [2.75, 3.05) is 13.1 Å². The van der Waals surface area contributed by atoms with E-state index in [1.165, 1.54) is 18.2 Å². The Kier molecular flexibility index (Phi) is 4.43. The summed E-state index contributed by atoms with van der Waals surface area (Å²) in [6.07, 6.45) is 1.20. The smallest absolute Gasteiger partial charge is 0.257 e. The maximum atomic E-state index is 12.6. The normalized spacial score (nSPS) is 23.7. The van der Waals surface area contributed by atoms with Gasteiger partial charge in [0.05, 0.1) is 5.25 Å². The molecule has 1 aliphatic rings. The van der Waals surface area contributed by atoms with Crippen LogP contribution < -0.4 is 0 Å². The van der Waals surface area contributed by atoms with Crippen molar-refractivity contribution in [3.63, 3.8) is 0 Å². The molecule has 0 N–H and O–H groups in total. The number of thioether (sulfide) groups is 1. The van der Waals surface area contributed by atoms with Gasteiger partial charge in [0.1, 0.15) is 5.52 Å². The van der Waals surface area contributed by atoms with Crippen molar-refractivity contribution in [2.45, 2.75) is 37.7 Å². The van der Waals surface area contributed by atoms with E-state index in [-0.39, 0.29) is 11.2 Å². The summed E-state index contributed by atoms with van der Waals surface area (Å²) in [6, 6.07) is 7.67. The van der Waals surface area contributed by atoms with Crippen molar-refractivity contribution in [3.05, 3.63) is 24.3 Å². The van der Waals surface area contributed by atoms with Crippen LogP contribution in [0.2, 0.25) is 0 Å². The molecule has 1 saturated heterocycles. The van der Waals surface area contributed by atoms with Crippen LogP contribution in [0, 0.1) is 11.8 Å². The minimum atomic E-state index is -0.175. The van der Waals surface area contributed by atoms with E-state index in [1.54, 1.807) is 0 Å². The number of hydrogen-bond acceptors (Lipinski definition) is 4. The van der Waals surface area contributed by atoms with Gasteiger partial charge in [-0.3, -0.25) is 4.79 Å². The summed E-state index contributed by atoms with van der Waals surface area (Å²) in [5.41, 5.74) is 1.61. The molecular weight excluding hydrogens is 296 g/mol.